The number of aliphatic hydroxyl groups is 1. The van der Waals surface area contributed by atoms with Gasteiger partial charge in [-0.15, -0.1) is 0 Å². The van der Waals surface area contributed by atoms with Crippen molar-refractivity contribution in [3.05, 3.63) is 60.7 Å². The minimum Gasteiger partial charge on any atom is -0.469 e. The third-order valence-electron chi connectivity index (χ3n) is 6.40. The second-order valence-electron chi connectivity index (χ2n) is 9.40. The molecule has 3 atom stereocenters. The van der Waals surface area contributed by atoms with E-state index in [2.05, 4.69) is 69.3 Å². The van der Waals surface area contributed by atoms with Crippen LogP contribution >= 0.6 is 0 Å². The molecule has 4 nitrogen and oxygen atoms in total. The monoisotopic (exact) mass is 426 g/mol. The maximum Gasteiger partial charge on any atom is 0.305 e. The van der Waals surface area contributed by atoms with Gasteiger partial charge in [-0.05, 0) is 40.1 Å². The van der Waals surface area contributed by atoms with Gasteiger partial charge in [0.2, 0.25) is 0 Å². The largest absolute Gasteiger partial charge is 0.469 e. The highest BCUT2D eigenvalue weighted by Gasteiger charge is 2.51. The molecule has 162 valence electrons. The Hall–Kier alpha value is -1.95. The van der Waals surface area contributed by atoms with Crippen molar-refractivity contribution < 1.29 is 19.1 Å². The lowest BCUT2D eigenvalue weighted by Crippen LogP contribution is -2.67. The van der Waals surface area contributed by atoms with Crippen LogP contribution in [0.4, 0.5) is 0 Å². The summed E-state index contributed by atoms with van der Waals surface area (Å²) in [5.41, 5.74) is 0. The SMILES string of the molecule is COC(=O)C[C@@H]1C[C@H](O)C[C@H]1CO[Si](c1ccccc1)(c1ccccc1)C(C)(C)C. The fourth-order valence-electron chi connectivity index (χ4n) is 4.93. The minimum absolute atomic E-state index is 0.0886. The molecule has 30 heavy (non-hydrogen) atoms. The highest BCUT2D eigenvalue weighted by atomic mass is 28.4. The van der Waals surface area contributed by atoms with E-state index in [1.165, 1.54) is 17.5 Å². The molecule has 0 bridgehead atoms. The number of rotatable bonds is 7. The first-order valence-corrected chi connectivity index (χ1v) is 12.7. The van der Waals surface area contributed by atoms with Gasteiger partial charge in [-0.1, -0.05) is 81.4 Å². The van der Waals surface area contributed by atoms with Crippen molar-refractivity contribution in [1.29, 1.82) is 0 Å². The van der Waals surface area contributed by atoms with Crippen LogP contribution < -0.4 is 10.4 Å². The first-order valence-electron chi connectivity index (χ1n) is 10.8. The Labute approximate surface area is 181 Å². The minimum atomic E-state index is -2.61. The molecule has 0 radical (unpaired) electrons. The Morgan fingerprint density at radius 3 is 1.93 bits per heavy atom. The predicted octanol–water partition coefficient (Wildman–Crippen LogP) is 3.51. The van der Waals surface area contributed by atoms with Crippen LogP contribution in [0.1, 0.15) is 40.0 Å². The average molecular weight is 427 g/mol. The molecule has 0 spiro atoms. The van der Waals surface area contributed by atoms with Gasteiger partial charge >= 0.3 is 5.97 Å². The maximum atomic E-state index is 11.9. The van der Waals surface area contributed by atoms with Crippen LogP contribution in [0.2, 0.25) is 5.04 Å². The van der Waals surface area contributed by atoms with Crippen molar-refractivity contribution in [3.8, 4) is 0 Å². The van der Waals surface area contributed by atoms with Crippen molar-refractivity contribution >= 4 is 24.7 Å². The van der Waals surface area contributed by atoms with Crippen LogP contribution in [-0.4, -0.2) is 39.2 Å². The number of carbonyl (C=O) groups excluding carboxylic acids is 1. The van der Waals surface area contributed by atoms with Crippen LogP contribution in [0.25, 0.3) is 0 Å². The molecule has 2 aromatic carbocycles. The van der Waals surface area contributed by atoms with E-state index in [4.69, 9.17) is 9.16 Å². The zero-order valence-electron chi connectivity index (χ0n) is 18.5. The second-order valence-corrected chi connectivity index (χ2v) is 13.7. The first-order chi connectivity index (χ1) is 14.3. The van der Waals surface area contributed by atoms with Gasteiger partial charge < -0.3 is 14.3 Å². The van der Waals surface area contributed by atoms with Gasteiger partial charge in [0.05, 0.1) is 13.2 Å². The fraction of sp³-hybridized carbons (Fsp3) is 0.480. The van der Waals surface area contributed by atoms with Gasteiger partial charge in [0.25, 0.3) is 8.32 Å². The molecule has 0 saturated heterocycles. The molecule has 0 aromatic heterocycles. The zero-order valence-corrected chi connectivity index (χ0v) is 19.5. The molecule has 1 saturated carbocycles. The van der Waals surface area contributed by atoms with E-state index >= 15 is 0 Å². The van der Waals surface area contributed by atoms with E-state index in [-0.39, 0.29) is 28.9 Å². The second kappa shape index (κ2) is 9.46. The highest BCUT2D eigenvalue weighted by molar-refractivity contribution is 6.99. The third kappa shape index (κ3) is 4.69. The summed E-state index contributed by atoms with van der Waals surface area (Å²) in [4.78, 5) is 11.9. The standard InChI is InChI=1S/C25H34O4Si/c1-25(2,3)30(22-11-7-5-8-12-22,23-13-9-6-10-14-23)29-18-20-16-21(26)15-19(20)17-24(27)28-4/h5-14,19-21,26H,15-18H2,1-4H3/t19-,20-,21-/m0/s1. The molecule has 1 fully saturated rings. The fourth-order valence-corrected chi connectivity index (χ4v) is 9.54. The van der Waals surface area contributed by atoms with Crippen molar-refractivity contribution in [2.75, 3.05) is 13.7 Å². The topological polar surface area (TPSA) is 55.8 Å². The van der Waals surface area contributed by atoms with Crippen LogP contribution in [0, 0.1) is 11.8 Å². The van der Waals surface area contributed by atoms with Crippen molar-refractivity contribution in [2.45, 2.75) is 51.2 Å². The Morgan fingerprint density at radius 1 is 0.967 bits per heavy atom. The smallest absolute Gasteiger partial charge is 0.305 e. The summed E-state index contributed by atoms with van der Waals surface area (Å²) in [6.07, 6.45) is 1.25. The summed E-state index contributed by atoms with van der Waals surface area (Å²) in [6.45, 7) is 7.31. The summed E-state index contributed by atoms with van der Waals surface area (Å²) in [5.74, 6) is 0.0102. The van der Waals surface area contributed by atoms with Crippen LogP contribution in [0.5, 0.6) is 0 Å². The highest BCUT2D eigenvalue weighted by Crippen LogP contribution is 2.40. The summed E-state index contributed by atoms with van der Waals surface area (Å²) in [6, 6.07) is 21.1. The predicted molar refractivity (Wildman–Crippen MR) is 122 cm³/mol. The Kier molecular flexibility index (Phi) is 7.16. The lowest BCUT2D eigenvalue weighted by Gasteiger charge is -2.43. The number of esters is 1. The molecule has 0 unspecified atom stereocenters. The number of hydrogen-bond acceptors (Lipinski definition) is 4. The molecule has 2 aromatic rings. The quantitative estimate of drug-likeness (QED) is 0.544. The maximum absolute atomic E-state index is 11.9. The zero-order chi connectivity index (χ0) is 21.8. The number of carbonyl (C=O) groups is 1. The van der Waals surface area contributed by atoms with Gasteiger partial charge in [0.15, 0.2) is 0 Å². The van der Waals surface area contributed by atoms with Gasteiger partial charge in [-0.3, -0.25) is 4.79 Å². The third-order valence-corrected chi connectivity index (χ3v) is 11.4. The summed E-state index contributed by atoms with van der Waals surface area (Å²) < 4.78 is 11.9. The number of benzene rings is 2. The summed E-state index contributed by atoms with van der Waals surface area (Å²) in [7, 11) is -1.20. The first kappa shape index (κ1) is 22.7. The molecule has 3 rings (SSSR count). The van der Waals surface area contributed by atoms with Crippen molar-refractivity contribution in [3.63, 3.8) is 0 Å². The van der Waals surface area contributed by atoms with Crippen LogP contribution in [0.3, 0.4) is 0 Å². The van der Waals surface area contributed by atoms with Gasteiger partial charge in [0, 0.05) is 13.0 Å². The molecule has 0 heterocycles. The van der Waals surface area contributed by atoms with Gasteiger partial charge in [0.1, 0.15) is 0 Å². The lowest BCUT2D eigenvalue weighted by molar-refractivity contribution is -0.142. The number of ether oxygens (including phenoxy) is 1. The Morgan fingerprint density at radius 2 is 1.47 bits per heavy atom. The molecule has 5 heteroatoms. The number of hydrogen-bond donors (Lipinski definition) is 1. The molecule has 0 aliphatic heterocycles. The molecular weight excluding hydrogens is 392 g/mol. The Balaban J connectivity index is 1.96. The van der Waals surface area contributed by atoms with Crippen molar-refractivity contribution in [1.82, 2.24) is 0 Å². The number of aliphatic hydroxyl groups excluding tert-OH is 1. The summed E-state index contributed by atoms with van der Waals surface area (Å²) in [5, 5.41) is 12.7. The molecule has 1 aliphatic carbocycles. The van der Waals surface area contributed by atoms with E-state index in [1.54, 1.807) is 0 Å². The van der Waals surface area contributed by atoms with E-state index in [0.717, 1.165) is 0 Å². The van der Waals surface area contributed by atoms with Gasteiger partial charge in [-0.2, -0.15) is 0 Å². The molecular formula is C25H34O4Si. The average Bonchev–Trinajstić information content (AvgIpc) is 3.08. The van der Waals surface area contributed by atoms with E-state index in [0.29, 0.717) is 25.9 Å². The molecule has 1 aliphatic rings. The lowest BCUT2D eigenvalue weighted by atomic mass is 9.94. The van der Waals surface area contributed by atoms with E-state index in [9.17, 15) is 9.90 Å². The molecule has 1 N–H and O–H groups in total. The van der Waals surface area contributed by atoms with Gasteiger partial charge in [-0.25, -0.2) is 0 Å². The molecule has 0 amide bonds. The normalized spacial score (nSPS) is 22.1. The van der Waals surface area contributed by atoms with Crippen LogP contribution in [0.15, 0.2) is 60.7 Å². The summed E-state index contributed by atoms with van der Waals surface area (Å²) >= 11 is 0. The van der Waals surface area contributed by atoms with E-state index < -0.39 is 8.32 Å². The van der Waals surface area contributed by atoms with E-state index in [1.807, 2.05) is 12.1 Å². The Bertz CT molecular complexity index is 777. The van der Waals surface area contributed by atoms with Crippen molar-refractivity contribution in [2.24, 2.45) is 11.8 Å². The van der Waals surface area contributed by atoms with Crippen LogP contribution in [-0.2, 0) is 14.0 Å². The number of methoxy groups -OCH3 is 1.